The summed E-state index contributed by atoms with van der Waals surface area (Å²) in [6.45, 7) is 2.01. The Hall–Kier alpha value is -2.75. The molecule has 2 aromatic rings. The highest BCUT2D eigenvalue weighted by Crippen LogP contribution is 2.30. The van der Waals surface area contributed by atoms with Crippen LogP contribution in [0, 0.1) is 12.7 Å². The number of ether oxygens (including phenoxy) is 1. The van der Waals surface area contributed by atoms with Crippen LogP contribution in [-0.2, 0) is 4.74 Å². The number of aryl methyl sites for hydroxylation is 1. The maximum atomic E-state index is 13.4. The summed E-state index contributed by atoms with van der Waals surface area (Å²) in [5.74, 6) is -1.99. The van der Waals surface area contributed by atoms with Crippen molar-refractivity contribution < 1.29 is 17.9 Å². The summed E-state index contributed by atoms with van der Waals surface area (Å²) in [7, 11) is 0. The van der Waals surface area contributed by atoms with E-state index in [1.165, 1.54) is 24.4 Å². The van der Waals surface area contributed by atoms with Crippen molar-refractivity contribution in [2.45, 2.75) is 19.3 Å². The van der Waals surface area contributed by atoms with Crippen molar-refractivity contribution in [1.82, 2.24) is 10.3 Å². The molecule has 3 rings (SSSR count). The van der Waals surface area contributed by atoms with E-state index in [0.29, 0.717) is 28.1 Å². The van der Waals surface area contributed by atoms with Gasteiger partial charge in [-0.05, 0) is 54.4 Å². The van der Waals surface area contributed by atoms with Crippen molar-refractivity contribution >= 4 is 17.5 Å². The fourth-order valence-corrected chi connectivity index (χ4v) is 2.82. The number of pyridine rings is 1. The highest BCUT2D eigenvalue weighted by atomic mass is 19.3. The summed E-state index contributed by atoms with van der Waals surface area (Å²) in [6, 6.07) is 8.60. The Balaban J connectivity index is 2.12. The highest BCUT2D eigenvalue weighted by molar-refractivity contribution is 6.20. The SMILES string of the molecule is Cc1cc(C2=C(c3ccc(F)cc3)NC(N)(OCCN)N=C2)cc(C(F)F)n1. The van der Waals surface area contributed by atoms with E-state index >= 15 is 0 Å². The maximum Gasteiger partial charge on any atom is 0.297 e. The van der Waals surface area contributed by atoms with E-state index in [1.54, 1.807) is 25.1 Å². The second-order valence-corrected chi connectivity index (χ2v) is 6.24. The molecular weight excluding hydrogens is 371 g/mol. The summed E-state index contributed by atoms with van der Waals surface area (Å²) in [4.78, 5) is 8.03. The number of nitrogens with zero attached hydrogens (tertiary/aromatic N) is 2. The molecule has 6 nitrogen and oxygen atoms in total. The van der Waals surface area contributed by atoms with E-state index < -0.39 is 18.2 Å². The van der Waals surface area contributed by atoms with Crippen molar-refractivity contribution in [1.29, 1.82) is 0 Å². The molecule has 0 saturated carbocycles. The quantitative estimate of drug-likeness (QED) is 0.658. The Morgan fingerprint density at radius 3 is 2.54 bits per heavy atom. The summed E-state index contributed by atoms with van der Waals surface area (Å²) in [6.07, 6.45) is -1.28. The zero-order valence-corrected chi connectivity index (χ0v) is 15.1. The fourth-order valence-electron chi connectivity index (χ4n) is 2.82. The van der Waals surface area contributed by atoms with Gasteiger partial charge in [0.15, 0.2) is 0 Å². The minimum absolute atomic E-state index is 0.150. The minimum atomic E-state index is -2.72. The van der Waals surface area contributed by atoms with Crippen molar-refractivity contribution in [3.05, 3.63) is 64.7 Å². The Morgan fingerprint density at radius 2 is 1.89 bits per heavy atom. The molecule has 28 heavy (non-hydrogen) atoms. The van der Waals surface area contributed by atoms with Crippen LogP contribution in [0.5, 0.6) is 0 Å². The molecule has 2 heterocycles. The summed E-state index contributed by atoms with van der Waals surface area (Å²) >= 11 is 0. The fraction of sp³-hybridized carbons (Fsp3) is 0.263. The number of alkyl halides is 2. The lowest BCUT2D eigenvalue weighted by Crippen LogP contribution is -2.55. The lowest BCUT2D eigenvalue weighted by Gasteiger charge is -2.32. The first-order valence-corrected chi connectivity index (χ1v) is 8.55. The van der Waals surface area contributed by atoms with Crippen LogP contribution < -0.4 is 16.8 Å². The molecule has 0 fully saturated rings. The summed E-state index contributed by atoms with van der Waals surface area (Å²) in [5, 5.41) is 2.97. The van der Waals surface area contributed by atoms with Crippen LogP contribution in [0.4, 0.5) is 13.2 Å². The first kappa shape index (κ1) is 20.0. The van der Waals surface area contributed by atoms with Crippen LogP contribution in [0.25, 0.3) is 11.3 Å². The van der Waals surface area contributed by atoms with Gasteiger partial charge in [-0.15, -0.1) is 0 Å². The molecular formula is C19H20F3N5O. The van der Waals surface area contributed by atoms with E-state index in [-0.39, 0.29) is 18.8 Å². The molecule has 0 amide bonds. The van der Waals surface area contributed by atoms with Gasteiger partial charge in [-0.25, -0.2) is 18.2 Å². The molecule has 1 aliphatic rings. The van der Waals surface area contributed by atoms with Crippen molar-refractivity contribution in [3.63, 3.8) is 0 Å². The number of nitrogens with two attached hydrogens (primary N) is 2. The third-order valence-corrected chi connectivity index (χ3v) is 4.04. The van der Waals surface area contributed by atoms with Gasteiger partial charge in [-0.1, -0.05) is 0 Å². The zero-order chi connectivity index (χ0) is 20.3. The number of allylic oxidation sites excluding steroid dienone is 1. The smallest absolute Gasteiger partial charge is 0.297 e. The van der Waals surface area contributed by atoms with Gasteiger partial charge in [0.1, 0.15) is 11.5 Å². The number of aliphatic imine (C=N–C) groups is 1. The standard InChI is InChI=1S/C19H20F3N5O/c1-11-8-13(9-16(26-11)18(21)22)15-10-25-19(24,28-7-6-23)27-17(15)12-2-4-14(20)5-3-12/h2-5,8-10,18,27H,6-7,23-24H2,1H3. The summed E-state index contributed by atoms with van der Waals surface area (Å²) in [5.41, 5.74) is 13.7. The molecule has 0 aliphatic carbocycles. The first-order chi connectivity index (χ1) is 13.3. The molecule has 0 bridgehead atoms. The Bertz CT molecular complexity index is 914. The van der Waals surface area contributed by atoms with E-state index in [0.717, 1.165) is 0 Å². The Labute approximate surface area is 160 Å². The van der Waals surface area contributed by atoms with Crippen LogP contribution >= 0.6 is 0 Å². The molecule has 1 atom stereocenters. The number of rotatable bonds is 6. The maximum absolute atomic E-state index is 13.4. The predicted octanol–water partition coefficient (Wildman–Crippen LogP) is 2.55. The van der Waals surface area contributed by atoms with Gasteiger partial charge in [0.05, 0.1) is 12.3 Å². The number of aromatic nitrogens is 1. The van der Waals surface area contributed by atoms with Gasteiger partial charge in [0.25, 0.3) is 12.4 Å². The lowest BCUT2D eigenvalue weighted by molar-refractivity contribution is -0.0444. The van der Waals surface area contributed by atoms with E-state index in [4.69, 9.17) is 16.2 Å². The van der Waals surface area contributed by atoms with Crippen LogP contribution in [-0.4, -0.2) is 30.3 Å². The second-order valence-electron chi connectivity index (χ2n) is 6.24. The first-order valence-electron chi connectivity index (χ1n) is 8.55. The normalized spacial score (nSPS) is 19.2. The Kier molecular flexibility index (Phi) is 5.78. The van der Waals surface area contributed by atoms with Crippen molar-refractivity contribution in [2.75, 3.05) is 13.2 Å². The molecule has 0 spiro atoms. The van der Waals surface area contributed by atoms with Crippen molar-refractivity contribution in [2.24, 2.45) is 16.5 Å². The minimum Gasteiger partial charge on any atom is -0.328 e. The van der Waals surface area contributed by atoms with Crippen LogP contribution in [0.15, 0.2) is 41.4 Å². The number of halogens is 3. The summed E-state index contributed by atoms with van der Waals surface area (Å²) < 4.78 is 45.2. The Morgan fingerprint density at radius 1 is 1.18 bits per heavy atom. The van der Waals surface area contributed by atoms with Crippen LogP contribution in [0.1, 0.15) is 28.9 Å². The monoisotopic (exact) mass is 391 g/mol. The predicted molar refractivity (Wildman–Crippen MR) is 101 cm³/mol. The molecule has 5 N–H and O–H groups in total. The topological polar surface area (TPSA) is 98.5 Å². The van der Waals surface area contributed by atoms with E-state index in [9.17, 15) is 13.2 Å². The van der Waals surface area contributed by atoms with Gasteiger partial charge in [0, 0.05) is 24.0 Å². The molecule has 148 valence electrons. The third kappa shape index (κ3) is 4.38. The highest BCUT2D eigenvalue weighted by Gasteiger charge is 2.31. The molecule has 1 aliphatic heterocycles. The number of benzene rings is 1. The molecule has 0 radical (unpaired) electrons. The molecule has 0 saturated heterocycles. The van der Waals surface area contributed by atoms with Gasteiger partial charge in [-0.3, -0.25) is 10.7 Å². The number of hydrogen-bond donors (Lipinski definition) is 3. The number of nitrogens with one attached hydrogen (secondary N) is 1. The van der Waals surface area contributed by atoms with Gasteiger partial charge in [-0.2, -0.15) is 0 Å². The van der Waals surface area contributed by atoms with Gasteiger partial charge >= 0.3 is 0 Å². The van der Waals surface area contributed by atoms with Gasteiger partial charge < -0.3 is 15.8 Å². The van der Waals surface area contributed by atoms with Gasteiger partial charge in [0.2, 0.25) is 0 Å². The zero-order valence-electron chi connectivity index (χ0n) is 15.1. The molecule has 9 heteroatoms. The lowest BCUT2D eigenvalue weighted by atomic mass is 9.98. The molecule has 1 unspecified atom stereocenters. The average Bonchev–Trinajstić information content (AvgIpc) is 2.66. The largest absolute Gasteiger partial charge is 0.328 e. The van der Waals surface area contributed by atoms with Crippen molar-refractivity contribution in [3.8, 4) is 0 Å². The van der Waals surface area contributed by atoms with Crippen LogP contribution in [0.2, 0.25) is 0 Å². The van der Waals surface area contributed by atoms with E-state index in [1.807, 2.05) is 0 Å². The number of hydrogen-bond acceptors (Lipinski definition) is 6. The second kappa shape index (κ2) is 8.09. The molecule has 1 aromatic heterocycles. The van der Waals surface area contributed by atoms with E-state index in [2.05, 4.69) is 15.3 Å². The molecule has 1 aromatic carbocycles. The average molecular weight is 391 g/mol. The van der Waals surface area contributed by atoms with Crippen LogP contribution in [0.3, 0.4) is 0 Å². The third-order valence-electron chi connectivity index (χ3n) is 4.04.